The van der Waals surface area contributed by atoms with Gasteiger partial charge in [-0.15, -0.1) is 0 Å². The molecular formula is C42H72O15. The van der Waals surface area contributed by atoms with Gasteiger partial charge in [-0.05, 0) is 123 Å². The van der Waals surface area contributed by atoms with Gasteiger partial charge in [-0.1, -0.05) is 41.2 Å². The lowest BCUT2D eigenvalue weighted by Gasteiger charge is -2.71. The summed E-state index contributed by atoms with van der Waals surface area (Å²) in [7, 11) is 0. The molecule has 2 heterocycles. The van der Waals surface area contributed by atoms with E-state index >= 15 is 0 Å². The summed E-state index contributed by atoms with van der Waals surface area (Å²) in [5.41, 5.74) is -1.62. The van der Waals surface area contributed by atoms with Crippen LogP contribution in [0.5, 0.6) is 0 Å². The number of hydrogen-bond donors (Lipinski definition) is 10. The zero-order valence-electron chi connectivity index (χ0n) is 34.8. The van der Waals surface area contributed by atoms with E-state index in [1.807, 2.05) is 6.92 Å². The van der Waals surface area contributed by atoms with Crippen LogP contribution in [0.4, 0.5) is 0 Å². The van der Waals surface area contributed by atoms with Gasteiger partial charge in [0.2, 0.25) is 0 Å². The van der Waals surface area contributed by atoms with Crippen molar-refractivity contribution in [2.45, 2.75) is 192 Å². The van der Waals surface area contributed by atoms with Crippen LogP contribution in [0.25, 0.3) is 0 Å². The summed E-state index contributed by atoms with van der Waals surface area (Å²) in [5, 5.41) is 106. The van der Waals surface area contributed by atoms with Gasteiger partial charge in [-0.3, -0.25) is 5.26 Å². The number of aliphatic hydroxyl groups is 9. The normalized spacial score (nSPS) is 51.2. The van der Waals surface area contributed by atoms with Crippen LogP contribution in [0.3, 0.4) is 0 Å². The molecule has 2 saturated heterocycles. The number of rotatable bonds is 12. The van der Waals surface area contributed by atoms with E-state index in [0.717, 1.165) is 25.7 Å². The summed E-state index contributed by atoms with van der Waals surface area (Å²) in [5.74, 6) is -0.171. The molecule has 6 aliphatic rings. The fourth-order valence-electron chi connectivity index (χ4n) is 13.6. The minimum Gasteiger partial charge on any atom is -0.394 e. The molecule has 10 N–H and O–H groups in total. The minimum atomic E-state index is -1.62. The molecule has 0 amide bonds. The van der Waals surface area contributed by atoms with Gasteiger partial charge in [0.05, 0.1) is 31.0 Å². The van der Waals surface area contributed by atoms with Crippen LogP contribution in [0.15, 0.2) is 12.2 Å². The molecule has 15 nitrogen and oxygen atoms in total. The fraction of sp³-hybridized carbons (Fsp3) is 0.952. The second kappa shape index (κ2) is 16.4. The first-order chi connectivity index (χ1) is 26.6. The molecule has 4 aliphatic carbocycles. The molecule has 21 atom stereocenters. The molecule has 6 rings (SSSR count). The van der Waals surface area contributed by atoms with Crippen molar-refractivity contribution < 1.29 is 75.1 Å². The SMILES string of the molecule is C=C(C)C(CC[C@](C)(O[C@@H]1O[C@H](CO)[C@@H](O)[C@H](O)[C@H]1O)[C@H]1CC[C@]2(C)[C@@H]1[C@H](O)C[C@@H]1[C@@]3(C)CC[C@H](O[C@@H]4O[C@H](CO)[C@@H](O)[C@H](O)[C@H]4O)C(C)(C)[C@@H]3CC[C@]12C)OO. The van der Waals surface area contributed by atoms with E-state index in [4.69, 9.17) is 23.8 Å². The summed E-state index contributed by atoms with van der Waals surface area (Å²) >= 11 is 0. The lowest BCUT2D eigenvalue weighted by atomic mass is 9.35. The predicted molar refractivity (Wildman–Crippen MR) is 204 cm³/mol. The van der Waals surface area contributed by atoms with Gasteiger partial charge in [0.25, 0.3) is 0 Å². The zero-order valence-corrected chi connectivity index (χ0v) is 34.8. The number of fused-ring (bicyclic) bond motifs is 5. The predicted octanol–water partition coefficient (Wildman–Crippen LogP) is 1.62. The Balaban J connectivity index is 1.27. The Kier molecular flexibility index (Phi) is 13.2. The molecule has 0 aromatic carbocycles. The first kappa shape index (κ1) is 45.7. The Morgan fingerprint density at radius 3 is 1.88 bits per heavy atom. The highest BCUT2D eigenvalue weighted by molar-refractivity contribution is 5.20. The molecule has 57 heavy (non-hydrogen) atoms. The lowest BCUT2D eigenvalue weighted by molar-refractivity contribution is -0.339. The highest BCUT2D eigenvalue weighted by Crippen LogP contribution is 2.76. The zero-order chi connectivity index (χ0) is 42.2. The van der Waals surface area contributed by atoms with Crippen molar-refractivity contribution in [2.24, 2.45) is 45.3 Å². The van der Waals surface area contributed by atoms with E-state index in [-0.39, 0.29) is 46.0 Å². The smallest absolute Gasteiger partial charge is 0.187 e. The van der Waals surface area contributed by atoms with Crippen LogP contribution < -0.4 is 0 Å². The van der Waals surface area contributed by atoms with Crippen LogP contribution >= 0.6 is 0 Å². The van der Waals surface area contributed by atoms with Gasteiger partial charge < -0.3 is 64.9 Å². The first-order valence-electron chi connectivity index (χ1n) is 21.1. The standard InChI is InChI=1S/C42H72O15/c1-20(2)23(57-52)10-16-42(8,56-37-35(51)33(49)31(47)25(19-44)54-37)21-9-14-41(7)29(21)22(45)17-27-39(5)13-12-28(38(3,4)26(39)11-15-40(27,41)6)55-36-34(50)32(48)30(46)24(18-43)53-36/h21-37,43-52H,1,9-19H2,2-8H3/t21-,22+,23?,24+,25+,26-,27+,28-,29-,30+,31+,32-,33-,34+,35+,36-,37-,39-,40+,41+,42-/m0/s1. The van der Waals surface area contributed by atoms with Crippen molar-refractivity contribution in [3.8, 4) is 0 Å². The highest BCUT2D eigenvalue weighted by Gasteiger charge is 2.72. The van der Waals surface area contributed by atoms with Crippen LogP contribution in [0.1, 0.15) is 106 Å². The first-order valence-corrected chi connectivity index (χ1v) is 21.1. The van der Waals surface area contributed by atoms with Crippen molar-refractivity contribution in [3.63, 3.8) is 0 Å². The molecule has 4 saturated carbocycles. The van der Waals surface area contributed by atoms with Crippen molar-refractivity contribution in [3.05, 3.63) is 12.2 Å². The topological polar surface area (TPSA) is 248 Å². The van der Waals surface area contributed by atoms with E-state index in [0.29, 0.717) is 37.7 Å². The molecule has 330 valence electrons. The van der Waals surface area contributed by atoms with E-state index in [1.165, 1.54) is 0 Å². The van der Waals surface area contributed by atoms with Gasteiger partial charge in [-0.2, -0.15) is 0 Å². The van der Waals surface area contributed by atoms with E-state index in [9.17, 15) is 51.2 Å². The molecule has 15 heteroatoms. The van der Waals surface area contributed by atoms with Gasteiger partial charge >= 0.3 is 0 Å². The number of aliphatic hydroxyl groups excluding tert-OH is 9. The molecule has 0 radical (unpaired) electrons. The molecule has 2 aliphatic heterocycles. The Bertz CT molecular complexity index is 1410. The van der Waals surface area contributed by atoms with Crippen LogP contribution in [-0.2, 0) is 23.8 Å². The number of ether oxygens (including phenoxy) is 4. The van der Waals surface area contributed by atoms with Gasteiger partial charge in [0, 0.05) is 0 Å². The average molecular weight is 817 g/mol. The Morgan fingerprint density at radius 1 is 0.754 bits per heavy atom. The third-order valence-corrected chi connectivity index (χ3v) is 17.1. The second-order valence-corrected chi connectivity index (χ2v) is 20.2. The molecule has 1 unspecified atom stereocenters. The molecule has 6 fully saturated rings. The quantitative estimate of drug-likeness (QED) is 0.0582. The summed E-state index contributed by atoms with van der Waals surface area (Å²) in [6.07, 6.45) is -9.99. The summed E-state index contributed by atoms with van der Waals surface area (Å²) in [6.45, 7) is 17.9. The molecule has 0 aromatic rings. The minimum absolute atomic E-state index is 0.138. The van der Waals surface area contributed by atoms with Gasteiger partial charge in [-0.25, -0.2) is 4.89 Å². The summed E-state index contributed by atoms with van der Waals surface area (Å²) < 4.78 is 24.8. The fourth-order valence-corrected chi connectivity index (χ4v) is 13.6. The second-order valence-electron chi connectivity index (χ2n) is 20.2. The van der Waals surface area contributed by atoms with E-state index in [2.05, 4.69) is 41.2 Å². The third-order valence-electron chi connectivity index (χ3n) is 17.1. The Hall–Kier alpha value is -0.860. The molecule has 0 bridgehead atoms. The van der Waals surface area contributed by atoms with Crippen molar-refractivity contribution in [1.82, 2.24) is 0 Å². The van der Waals surface area contributed by atoms with Crippen molar-refractivity contribution >= 4 is 0 Å². The third kappa shape index (κ3) is 7.39. The number of hydrogen-bond acceptors (Lipinski definition) is 15. The summed E-state index contributed by atoms with van der Waals surface area (Å²) in [6, 6.07) is 0. The maximum atomic E-state index is 12.5. The monoisotopic (exact) mass is 816 g/mol. The molecular weight excluding hydrogens is 744 g/mol. The Labute approximate surface area is 336 Å². The average Bonchev–Trinajstić information content (AvgIpc) is 3.54. The largest absolute Gasteiger partial charge is 0.394 e. The van der Waals surface area contributed by atoms with E-state index in [1.54, 1.807) is 6.92 Å². The van der Waals surface area contributed by atoms with Crippen LogP contribution in [0.2, 0.25) is 0 Å². The van der Waals surface area contributed by atoms with Gasteiger partial charge in [0.15, 0.2) is 12.6 Å². The maximum Gasteiger partial charge on any atom is 0.187 e. The highest BCUT2D eigenvalue weighted by atomic mass is 17.1. The molecule has 0 spiro atoms. The van der Waals surface area contributed by atoms with Crippen molar-refractivity contribution in [1.29, 1.82) is 0 Å². The molecule has 0 aromatic heterocycles. The Morgan fingerprint density at radius 2 is 1.32 bits per heavy atom. The van der Waals surface area contributed by atoms with Crippen LogP contribution in [-0.4, -0.2) is 150 Å². The lowest BCUT2D eigenvalue weighted by Crippen LogP contribution is -2.67. The van der Waals surface area contributed by atoms with Crippen LogP contribution in [0, 0.1) is 45.3 Å². The van der Waals surface area contributed by atoms with Crippen molar-refractivity contribution in [2.75, 3.05) is 13.2 Å². The van der Waals surface area contributed by atoms with Gasteiger partial charge in [0.1, 0.15) is 54.9 Å². The van der Waals surface area contributed by atoms with E-state index < -0.39 is 97.8 Å². The maximum absolute atomic E-state index is 12.5. The summed E-state index contributed by atoms with van der Waals surface area (Å²) in [4.78, 5) is 4.78.